The highest BCUT2D eigenvalue weighted by Crippen LogP contribution is 2.36. The minimum atomic E-state index is -1.57. The summed E-state index contributed by atoms with van der Waals surface area (Å²) in [6, 6.07) is 0. The Morgan fingerprint density at radius 2 is 1.43 bits per heavy atom. The van der Waals surface area contributed by atoms with Crippen molar-refractivity contribution in [2.45, 2.75) is 3.12 Å². The van der Waals surface area contributed by atoms with Gasteiger partial charge in [-0.2, -0.15) is 0 Å². The Hall–Kier alpha value is 1.47. The molecular formula is CH2Cl4OS. The Morgan fingerprint density at radius 3 is 1.43 bits per heavy atom. The average Bonchev–Trinajstić information content (AvgIpc) is 1.35. The average molecular weight is 204 g/mol. The van der Waals surface area contributed by atoms with Crippen LogP contribution in [0.2, 0.25) is 0 Å². The molecule has 0 aromatic rings. The highest BCUT2D eigenvalue weighted by atomic mass is 35.6. The predicted octanol–water partition coefficient (Wildman–Crippen LogP) is 2.94. The van der Waals surface area contributed by atoms with E-state index in [1.54, 1.807) is 0 Å². The first-order valence-corrected chi connectivity index (χ1v) is 2.86. The van der Waals surface area contributed by atoms with Crippen LogP contribution in [0.15, 0.2) is 0 Å². The Bertz CT molecular complexity index is 41.4. The summed E-state index contributed by atoms with van der Waals surface area (Å²) in [5.41, 5.74) is 0. The standard InChI is InChI=1S/CHCl3OS.ClH/c2-1(3,4)6-5;/h5H;1H. The summed E-state index contributed by atoms with van der Waals surface area (Å²) in [6.07, 6.45) is 0. The van der Waals surface area contributed by atoms with E-state index >= 15 is 0 Å². The summed E-state index contributed by atoms with van der Waals surface area (Å²) in [6.45, 7) is 0. The van der Waals surface area contributed by atoms with Crippen molar-refractivity contribution in [3.8, 4) is 0 Å². The normalized spacial score (nSPS) is 10.3. The van der Waals surface area contributed by atoms with Crippen molar-refractivity contribution in [1.29, 1.82) is 0 Å². The Morgan fingerprint density at radius 1 is 1.29 bits per heavy atom. The summed E-state index contributed by atoms with van der Waals surface area (Å²) in [5, 5.41) is 0. The molecule has 0 radical (unpaired) electrons. The molecule has 0 atom stereocenters. The lowest BCUT2D eigenvalue weighted by Gasteiger charge is -1.99. The van der Waals surface area contributed by atoms with Crippen LogP contribution in [0.4, 0.5) is 0 Å². The number of hydrogen-bond donors (Lipinski definition) is 1. The number of hydrogen-bond acceptors (Lipinski definition) is 2. The lowest BCUT2D eigenvalue weighted by molar-refractivity contribution is 0.664. The Labute approximate surface area is 66.9 Å². The lowest BCUT2D eigenvalue weighted by Crippen LogP contribution is -1.89. The second-order valence-electron chi connectivity index (χ2n) is 0.537. The monoisotopic (exact) mass is 202 g/mol. The third kappa shape index (κ3) is 11.2. The number of alkyl halides is 3. The van der Waals surface area contributed by atoms with E-state index in [0.717, 1.165) is 0 Å². The smallest absolute Gasteiger partial charge is 0.262 e. The van der Waals surface area contributed by atoms with Gasteiger partial charge in [-0.25, -0.2) is 0 Å². The first-order chi connectivity index (χ1) is 2.56. The molecular weight excluding hydrogens is 202 g/mol. The van der Waals surface area contributed by atoms with Gasteiger partial charge >= 0.3 is 0 Å². The number of rotatable bonds is 0. The SMILES string of the molecule is Cl.OSC(Cl)(Cl)Cl. The van der Waals surface area contributed by atoms with Gasteiger partial charge in [-0.05, 0) is 0 Å². The Kier molecular flexibility index (Phi) is 7.03. The maximum Gasteiger partial charge on any atom is 0.262 e. The van der Waals surface area contributed by atoms with Gasteiger partial charge in [0.2, 0.25) is 0 Å². The summed E-state index contributed by atoms with van der Waals surface area (Å²) in [5.74, 6) is 0. The maximum atomic E-state index is 7.92. The molecule has 0 unspecified atom stereocenters. The molecule has 0 aromatic heterocycles. The van der Waals surface area contributed by atoms with Gasteiger partial charge in [0, 0.05) is 12.0 Å². The first kappa shape index (κ1) is 11.3. The van der Waals surface area contributed by atoms with Gasteiger partial charge in [0.1, 0.15) is 0 Å². The predicted molar refractivity (Wildman–Crippen MR) is 37.8 cm³/mol. The van der Waals surface area contributed by atoms with Crippen molar-refractivity contribution in [1.82, 2.24) is 0 Å². The zero-order valence-electron chi connectivity index (χ0n) is 2.90. The van der Waals surface area contributed by atoms with E-state index in [4.69, 9.17) is 39.4 Å². The van der Waals surface area contributed by atoms with Gasteiger partial charge in [-0.1, -0.05) is 34.8 Å². The first-order valence-electron chi connectivity index (χ1n) is 0.954. The molecule has 6 heteroatoms. The van der Waals surface area contributed by atoms with Crippen LogP contribution in [0.25, 0.3) is 0 Å². The molecule has 46 valence electrons. The van der Waals surface area contributed by atoms with Gasteiger partial charge in [0.05, 0.1) is 0 Å². The molecule has 0 aliphatic carbocycles. The zero-order chi connectivity index (χ0) is 5.21. The van der Waals surface area contributed by atoms with Crippen LogP contribution in [0.5, 0.6) is 0 Å². The summed E-state index contributed by atoms with van der Waals surface area (Å²) >= 11 is 15.1. The van der Waals surface area contributed by atoms with Crippen molar-refractivity contribution in [3.63, 3.8) is 0 Å². The second kappa shape index (κ2) is 4.36. The molecule has 0 rings (SSSR count). The van der Waals surface area contributed by atoms with Crippen molar-refractivity contribution >= 4 is 59.3 Å². The van der Waals surface area contributed by atoms with Crippen molar-refractivity contribution in [2.24, 2.45) is 0 Å². The van der Waals surface area contributed by atoms with E-state index in [-0.39, 0.29) is 24.4 Å². The van der Waals surface area contributed by atoms with E-state index in [2.05, 4.69) is 0 Å². The minimum absolute atomic E-state index is 0. The molecule has 0 aliphatic rings. The van der Waals surface area contributed by atoms with Gasteiger partial charge in [-0.3, -0.25) is 0 Å². The van der Waals surface area contributed by atoms with Crippen molar-refractivity contribution < 1.29 is 4.55 Å². The molecule has 0 amide bonds. The van der Waals surface area contributed by atoms with Crippen LogP contribution in [0.1, 0.15) is 0 Å². The third-order valence-corrected chi connectivity index (χ3v) is 0.932. The van der Waals surface area contributed by atoms with Crippen LogP contribution in [-0.4, -0.2) is 7.68 Å². The molecule has 1 N–H and O–H groups in total. The van der Waals surface area contributed by atoms with Crippen LogP contribution in [-0.2, 0) is 0 Å². The third-order valence-electron chi connectivity index (χ3n) is 0.104. The molecule has 0 aliphatic heterocycles. The topological polar surface area (TPSA) is 20.2 Å². The summed E-state index contributed by atoms with van der Waals surface area (Å²) < 4.78 is 6.35. The molecule has 7 heavy (non-hydrogen) atoms. The molecule has 0 bridgehead atoms. The van der Waals surface area contributed by atoms with Crippen molar-refractivity contribution in [2.75, 3.05) is 0 Å². The van der Waals surface area contributed by atoms with Crippen LogP contribution in [0, 0.1) is 0 Å². The van der Waals surface area contributed by atoms with E-state index in [0.29, 0.717) is 0 Å². The second-order valence-corrected chi connectivity index (χ2v) is 4.29. The van der Waals surface area contributed by atoms with Crippen LogP contribution < -0.4 is 0 Å². The number of halogens is 4. The van der Waals surface area contributed by atoms with Gasteiger partial charge in [0.25, 0.3) is 3.12 Å². The fourth-order valence-electron chi connectivity index (χ4n) is 0. The van der Waals surface area contributed by atoms with E-state index in [1.807, 2.05) is 0 Å². The molecule has 0 saturated carbocycles. The van der Waals surface area contributed by atoms with Gasteiger partial charge in [0.15, 0.2) is 0 Å². The highest BCUT2D eigenvalue weighted by Gasteiger charge is 2.18. The fourth-order valence-corrected chi connectivity index (χ4v) is 0. The van der Waals surface area contributed by atoms with Crippen LogP contribution >= 0.6 is 59.3 Å². The molecule has 0 aromatic carbocycles. The largest absolute Gasteiger partial charge is 0.327 e. The fraction of sp³-hybridized carbons (Fsp3) is 1.00. The molecule has 0 heterocycles. The van der Waals surface area contributed by atoms with E-state index in [1.165, 1.54) is 0 Å². The molecule has 0 fully saturated rings. The Balaban J connectivity index is 0. The summed E-state index contributed by atoms with van der Waals surface area (Å²) in [4.78, 5) is 0. The van der Waals surface area contributed by atoms with Gasteiger partial charge < -0.3 is 4.55 Å². The molecule has 0 saturated heterocycles. The molecule has 0 spiro atoms. The van der Waals surface area contributed by atoms with Gasteiger partial charge in [-0.15, -0.1) is 12.4 Å². The minimum Gasteiger partial charge on any atom is -0.327 e. The zero-order valence-corrected chi connectivity index (χ0v) is 6.80. The van der Waals surface area contributed by atoms with Crippen molar-refractivity contribution in [3.05, 3.63) is 0 Å². The quantitative estimate of drug-likeness (QED) is 0.483. The highest BCUT2D eigenvalue weighted by molar-refractivity contribution is 7.99. The molecule has 1 nitrogen and oxygen atoms in total. The van der Waals surface area contributed by atoms with Crippen LogP contribution in [0.3, 0.4) is 0 Å². The maximum absolute atomic E-state index is 7.92. The lowest BCUT2D eigenvalue weighted by atomic mass is 11.8. The van der Waals surface area contributed by atoms with E-state index in [9.17, 15) is 0 Å². The summed E-state index contributed by atoms with van der Waals surface area (Å²) in [7, 11) is 0. The van der Waals surface area contributed by atoms with E-state index < -0.39 is 3.12 Å².